The van der Waals surface area contributed by atoms with Gasteiger partial charge >= 0.3 is 0 Å². The molecule has 0 aliphatic rings. The maximum absolute atomic E-state index is 12.9. The van der Waals surface area contributed by atoms with Gasteiger partial charge in [0.2, 0.25) is 0 Å². The number of hydrogen-bond donors (Lipinski definition) is 1. The average molecular weight is 269 g/mol. The van der Waals surface area contributed by atoms with E-state index in [4.69, 9.17) is 5.73 Å². The lowest BCUT2D eigenvalue weighted by molar-refractivity contribution is 0.252. The predicted octanol–water partition coefficient (Wildman–Crippen LogP) is 4.39. The summed E-state index contributed by atoms with van der Waals surface area (Å²) in [6.07, 6.45) is 0. The van der Waals surface area contributed by atoms with Crippen LogP contribution in [0, 0.1) is 5.82 Å². The Hall–Kier alpha value is -1.62. The van der Waals surface area contributed by atoms with Gasteiger partial charge in [0.15, 0.2) is 0 Å². The molecule has 2 N–H and O–H groups in total. The summed E-state index contributed by atoms with van der Waals surface area (Å²) in [5.74, 6) is -2.84. The van der Waals surface area contributed by atoms with Gasteiger partial charge < -0.3 is 5.73 Å². The van der Waals surface area contributed by atoms with Crippen LogP contribution in [-0.4, -0.2) is 5.76 Å². The SMILES string of the molecule is Nc1cc(F)ccc1-c1ccc(SC(F)F)cc1. The molecule has 1 nitrogen and oxygen atoms in total. The summed E-state index contributed by atoms with van der Waals surface area (Å²) < 4.78 is 37.2. The van der Waals surface area contributed by atoms with Crippen LogP contribution in [0.25, 0.3) is 11.1 Å². The van der Waals surface area contributed by atoms with Gasteiger partial charge in [-0.25, -0.2) is 4.39 Å². The molecule has 0 aromatic heterocycles. The van der Waals surface area contributed by atoms with Crippen LogP contribution in [0.15, 0.2) is 47.4 Å². The Morgan fingerprint density at radius 3 is 2.22 bits per heavy atom. The number of nitrogens with two attached hydrogens (primary N) is 1. The molecule has 0 radical (unpaired) electrons. The molecule has 0 saturated carbocycles. The third-order valence-electron chi connectivity index (χ3n) is 2.40. The van der Waals surface area contributed by atoms with Crippen LogP contribution in [-0.2, 0) is 0 Å². The van der Waals surface area contributed by atoms with Crippen LogP contribution >= 0.6 is 11.8 Å². The maximum atomic E-state index is 12.9. The molecule has 94 valence electrons. The third-order valence-corrected chi connectivity index (χ3v) is 3.13. The molecule has 2 rings (SSSR count). The molecule has 0 aliphatic heterocycles. The molecule has 0 spiro atoms. The molecular weight excluding hydrogens is 259 g/mol. The molecule has 2 aromatic rings. The quantitative estimate of drug-likeness (QED) is 0.660. The summed E-state index contributed by atoms with van der Waals surface area (Å²) in [7, 11) is 0. The minimum Gasteiger partial charge on any atom is -0.398 e. The summed E-state index contributed by atoms with van der Waals surface area (Å²) in [5, 5.41) is 0. The molecule has 5 heteroatoms. The number of alkyl halides is 2. The van der Waals surface area contributed by atoms with Crippen molar-refractivity contribution in [1.29, 1.82) is 0 Å². The average Bonchev–Trinajstić information content (AvgIpc) is 2.30. The molecule has 0 fully saturated rings. The zero-order valence-electron chi connectivity index (χ0n) is 9.24. The van der Waals surface area contributed by atoms with Gasteiger partial charge in [-0.15, -0.1) is 0 Å². The van der Waals surface area contributed by atoms with Crippen molar-refractivity contribution in [1.82, 2.24) is 0 Å². The highest BCUT2D eigenvalue weighted by Crippen LogP contribution is 2.30. The second kappa shape index (κ2) is 5.35. The van der Waals surface area contributed by atoms with Crippen LogP contribution in [0.5, 0.6) is 0 Å². The van der Waals surface area contributed by atoms with E-state index in [1.165, 1.54) is 12.1 Å². The van der Waals surface area contributed by atoms with Gasteiger partial charge in [-0.1, -0.05) is 23.9 Å². The lowest BCUT2D eigenvalue weighted by Gasteiger charge is -2.07. The summed E-state index contributed by atoms with van der Waals surface area (Å²) in [4.78, 5) is 0.481. The molecule has 0 atom stereocenters. The molecule has 0 heterocycles. The first-order chi connectivity index (χ1) is 8.56. The van der Waals surface area contributed by atoms with Crippen molar-refractivity contribution < 1.29 is 13.2 Å². The van der Waals surface area contributed by atoms with Crippen molar-refractivity contribution >= 4 is 17.4 Å². The van der Waals surface area contributed by atoms with Crippen LogP contribution in [0.1, 0.15) is 0 Å². The van der Waals surface area contributed by atoms with Gasteiger partial charge in [-0.05, 0) is 35.9 Å². The van der Waals surface area contributed by atoms with Gasteiger partial charge in [-0.3, -0.25) is 0 Å². The van der Waals surface area contributed by atoms with Crippen molar-refractivity contribution in [3.63, 3.8) is 0 Å². The molecular formula is C13H10F3NS. The summed E-state index contributed by atoms with van der Waals surface area (Å²) in [5.41, 5.74) is 7.49. The smallest absolute Gasteiger partial charge is 0.288 e. The van der Waals surface area contributed by atoms with Crippen molar-refractivity contribution in [3.05, 3.63) is 48.3 Å². The van der Waals surface area contributed by atoms with Gasteiger partial charge in [0, 0.05) is 16.1 Å². The highest BCUT2D eigenvalue weighted by atomic mass is 32.2. The van der Waals surface area contributed by atoms with E-state index in [0.717, 1.165) is 5.56 Å². The highest BCUT2D eigenvalue weighted by molar-refractivity contribution is 7.99. The summed E-state index contributed by atoms with van der Waals surface area (Å²) >= 11 is 0.484. The van der Waals surface area contributed by atoms with E-state index in [0.29, 0.717) is 27.9 Å². The van der Waals surface area contributed by atoms with Crippen molar-refractivity contribution in [2.75, 3.05) is 5.73 Å². The van der Waals surface area contributed by atoms with E-state index in [-0.39, 0.29) is 0 Å². The molecule has 18 heavy (non-hydrogen) atoms. The molecule has 0 bridgehead atoms. The molecule has 0 saturated heterocycles. The van der Waals surface area contributed by atoms with E-state index >= 15 is 0 Å². The standard InChI is InChI=1S/C13H10F3NS/c14-9-3-6-11(12(17)7-9)8-1-4-10(5-2-8)18-13(15)16/h1-7,13H,17H2. The first kappa shape index (κ1) is 12.8. The van der Waals surface area contributed by atoms with Crippen LogP contribution in [0.4, 0.5) is 18.9 Å². The number of nitrogen functional groups attached to an aromatic ring is 1. The third kappa shape index (κ3) is 2.98. The van der Waals surface area contributed by atoms with Crippen LogP contribution in [0.2, 0.25) is 0 Å². The lowest BCUT2D eigenvalue weighted by Crippen LogP contribution is -1.91. The Balaban J connectivity index is 2.28. The Bertz CT molecular complexity index is 540. The largest absolute Gasteiger partial charge is 0.398 e. The van der Waals surface area contributed by atoms with E-state index in [1.54, 1.807) is 30.3 Å². The fourth-order valence-corrected chi connectivity index (χ4v) is 2.11. The number of thioether (sulfide) groups is 1. The van der Waals surface area contributed by atoms with E-state index < -0.39 is 11.6 Å². The van der Waals surface area contributed by atoms with E-state index in [2.05, 4.69) is 0 Å². The van der Waals surface area contributed by atoms with Crippen molar-refractivity contribution in [2.24, 2.45) is 0 Å². The first-order valence-electron chi connectivity index (χ1n) is 5.16. The number of benzene rings is 2. The normalized spacial score (nSPS) is 10.9. The zero-order valence-corrected chi connectivity index (χ0v) is 10.1. The first-order valence-corrected chi connectivity index (χ1v) is 6.04. The van der Waals surface area contributed by atoms with Crippen molar-refractivity contribution in [2.45, 2.75) is 10.7 Å². The topological polar surface area (TPSA) is 26.0 Å². The minimum absolute atomic E-state index is 0.323. The van der Waals surface area contributed by atoms with E-state index in [1.807, 2.05) is 0 Å². The fraction of sp³-hybridized carbons (Fsp3) is 0.0769. The molecule has 0 amide bonds. The van der Waals surface area contributed by atoms with Gasteiger partial charge in [0.25, 0.3) is 5.76 Å². The van der Waals surface area contributed by atoms with E-state index in [9.17, 15) is 13.2 Å². The molecule has 0 unspecified atom stereocenters. The maximum Gasteiger partial charge on any atom is 0.288 e. The predicted molar refractivity (Wildman–Crippen MR) is 68.1 cm³/mol. The van der Waals surface area contributed by atoms with Crippen LogP contribution < -0.4 is 5.73 Å². The summed E-state index contributed by atoms with van der Waals surface area (Å²) in [6, 6.07) is 10.7. The Morgan fingerprint density at radius 2 is 1.67 bits per heavy atom. The lowest BCUT2D eigenvalue weighted by atomic mass is 10.0. The Labute approximate surface area is 107 Å². The Morgan fingerprint density at radius 1 is 1.00 bits per heavy atom. The molecule has 2 aromatic carbocycles. The van der Waals surface area contributed by atoms with Gasteiger partial charge in [-0.2, -0.15) is 8.78 Å². The number of hydrogen-bond acceptors (Lipinski definition) is 2. The van der Waals surface area contributed by atoms with Gasteiger partial charge in [0.05, 0.1) is 0 Å². The summed E-state index contributed by atoms with van der Waals surface area (Å²) in [6.45, 7) is 0. The second-order valence-corrected chi connectivity index (χ2v) is 4.70. The monoisotopic (exact) mass is 269 g/mol. The molecule has 0 aliphatic carbocycles. The second-order valence-electron chi connectivity index (χ2n) is 3.63. The number of anilines is 1. The zero-order chi connectivity index (χ0) is 13.1. The fourth-order valence-electron chi connectivity index (χ4n) is 1.61. The van der Waals surface area contributed by atoms with Crippen LogP contribution in [0.3, 0.4) is 0 Å². The number of halogens is 3. The van der Waals surface area contributed by atoms with Crippen molar-refractivity contribution in [3.8, 4) is 11.1 Å². The van der Waals surface area contributed by atoms with Gasteiger partial charge in [0.1, 0.15) is 5.82 Å². The minimum atomic E-state index is -2.44. The highest BCUT2D eigenvalue weighted by Gasteiger charge is 2.07. The number of rotatable bonds is 3. The Kier molecular flexibility index (Phi) is 3.81.